The smallest absolute Gasteiger partial charge is 0.107 e. The van der Waals surface area contributed by atoms with Gasteiger partial charge in [0.25, 0.3) is 0 Å². The van der Waals surface area contributed by atoms with Crippen LogP contribution in [0.4, 0.5) is 11.5 Å². The molecule has 2 aromatic rings. The van der Waals surface area contributed by atoms with E-state index in [0.29, 0.717) is 0 Å². The molecule has 0 spiro atoms. The van der Waals surface area contributed by atoms with E-state index in [2.05, 4.69) is 10.3 Å². The summed E-state index contributed by atoms with van der Waals surface area (Å²) in [5.41, 5.74) is 0.909. The molecule has 2 N–H and O–H groups in total. The molecule has 0 amide bonds. The highest BCUT2D eigenvalue weighted by atomic mass is 35.5. The Morgan fingerprint density at radius 1 is 1.08 bits per heavy atom. The Hall–Kier alpha value is -1.41. The van der Waals surface area contributed by atoms with Crippen molar-refractivity contribution >= 4 is 23.1 Å². The van der Waals surface area contributed by atoms with E-state index in [1.54, 1.807) is 0 Å². The van der Waals surface area contributed by atoms with Crippen molar-refractivity contribution < 1.29 is 0 Å². The molecular weight excluding hydrogens is 184 g/mol. The summed E-state index contributed by atoms with van der Waals surface area (Å²) in [6.07, 6.45) is 1.86. The quantitative estimate of drug-likeness (QED) is 0.750. The molecule has 1 aromatic carbocycles. The largest absolute Gasteiger partial charge is 0.348 e. The van der Waals surface area contributed by atoms with Gasteiger partial charge in [0, 0.05) is 6.20 Å². The van der Waals surface area contributed by atoms with Crippen LogP contribution in [0.5, 0.6) is 0 Å². The molecule has 0 aliphatic heterocycles. The van der Waals surface area contributed by atoms with Gasteiger partial charge in [0.05, 0.1) is 10.7 Å². The van der Waals surface area contributed by atoms with E-state index in [1.807, 2.05) is 42.6 Å². The van der Waals surface area contributed by atoms with Crippen LogP contribution >= 0.6 is 11.6 Å². The zero-order valence-corrected chi connectivity index (χ0v) is 7.68. The Balaban J connectivity index is 2.24. The van der Waals surface area contributed by atoms with E-state index >= 15 is 0 Å². The fourth-order valence-corrected chi connectivity index (χ4v) is 1.30. The molecule has 2 nitrogen and oxygen atoms in total. The minimum absolute atomic E-state index is 0.720. The van der Waals surface area contributed by atoms with Crippen LogP contribution in [-0.2, 0) is 0 Å². The van der Waals surface area contributed by atoms with Crippen molar-refractivity contribution in [3.8, 4) is 0 Å². The van der Waals surface area contributed by atoms with Crippen molar-refractivity contribution in [3.05, 3.63) is 47.6 Å². The van der Waals surface area contributed by atoms with Gasteiger partial charge in [-0.25, -0.2) is 0 Å². The van der Waals surface area contributed by atoms with Gasteiger partial charge in [-0.15, -0.1) is 0 Å². The summed E-state index contributed by atoms with van der Waals surface area (Å²) in [7, 11) is 0. The fraction of sp³-hybridized carbons (Fsp3) is 0. The highest BCUT2D eigenvalue weighted by molar-refractivity contribution is 6.33. The Morgan fingerprint density at radius 2 is 1.92 bits per heavy atom. The van der Waals surface area contributed by atoms with Crippen LogP contribution < -0.4 is 5.32 Å². The first kappa shape index (κ1) is 8.20. The molecule has 0 fully saturated rings. The van der Waals surface area contributed by atoms with Crippen molar-refractivity contribution in [1.82, 2.24) is 4.98 Å². The van der Waals surface area contributed by atoms with Crippen LogP contribution in [-0.4, -0.2) is 4.98 Å². The van der Waals surface area contributed by atoms with E-state index in [0.717, 1.165) is 16.5 Å². The summed E-state index contributed by atoms with van der Waals surface area (Å²) in [6, 6.07) is 11.5. The van der Waals surface area contributed by atoms with Crippen LogP contribution in [0.2, 0.25) is 5.02 Å². The number of hydrogen-bond acceptors (Lipinski definition) is 1. The van der Waals surface area contributed by atoms with Gasteiger partial charge in [-0.3, -0.25) is 0 Å². The van der Waals surface area contributed by atoms with Gasteiger partial charge in [0.1, 0.15) is 5.82 Å². The van der Waals surface area contributed by atoms with Gasteiger partial charge >= 0.3 is 0 Å². The number of anilines is 2. The molecule has 0 aliphatic rings. The van der Waals surface area contributed by atoms with E-state index in [-0.39, 0.29) is 0 Å². The molecule has 0 saturated carbocycles. The van der Waals surface area contributed by atoms with E-state index in [9.17, 15) is 0 Å². The van der Waals surface area contributed by atoms with Crippen molar-refractivity contribution in [2.75, 3.05) is 5.32 Å². The maximum Gasteiger partial charge on any atom is 0.107 e. The number of hydrogen-bond donors (Lipinski definition) is 2. The minimum Gasteiger partial charge on any atom is -0.348 e. The predicted molar refractivity (Wildman–Crippen MR) is 55.5 cm³/mol. The first-order valence-electron chi connectivity index (χ1n) is 4.01. The van der Waals surface area contributed by atoms with Gasteiger partial charge in [-0.1, -0.05) is 23.7 Å². The summed E-state index contributed by atoms with van der Waals surface area (Å²) >= 11 is 5.96. The monoisotopic (exact) mass is 192 g/mol. The first-order valence-corrected chi connectivity index (χ1v) is 4.39. The Bertz CT molecular complexity index is 382. The lowest BCUT2D eigenvalue weighted by atomic mass is 10.3. The topological polar surface area (TPSA) is 27.8 Å². The van der Waals surface area contributed by atoms with Crippen molar-refractivity contribution in [2.24, 2.45) is 0 Å². The van der Waals surface area contributed by atoms with Crippen molar-refractivity contribution in [1.29, 1.82) is 0 Å². The molecule has 1 aromatic heterocycles. The third-order valence-electron chi connectivity index (χ3n) is 1.74. The minimum atomic E-state index is 0.720. The van der Waals surface area contributed by atoms with E-state index < -0.39 is 0 Å². The highest BCUT2D eigenvalue weighted by Gasteiger charge is 1.98. The first-order chi connectivity index (χ1) is 6.36. The lowest BCUT2D eigenvalue weighted by Crippen LogP contribution is -1.89. The van der Waals surface area contributed by atoms with E-state index in [1.165, 1.54) is 0 Å². The Morgan fingerprint density at radius 3 is 2.62 bits per heavy atom. The van der Waals surface area contributed by atoms with Crippen LogP contribution in [0.3, 0.4) is 0 Å². The van der Waals surface area contributed by atoms with Crippen LogP contribution in [0.1, 0.15) is 0 Å². The summed E-state index contributed by atoms with van der Waals surface area (Å²) in [6.45, 7) is 0. The van der Waals surface area contributed by atoms with Crippen LogP contribution in [0.25, 0.3) is 0 Å². The summed E-state index contributed by atoms with van der Waals surface area (Å²) in [4.78, 5) is 3.04. The molecule has 66 valence electrons. The lowest BCUT2D eigenvalue weighted by Gasteiger charge is -2.04. The molecule has 0 radical (unpaired) electrons. The average molecular weight is 193 g/mol. The maximum atomic E-state index is 5.96. The molecule has 2 rings (SSSR count). The van der Waals surface area contributed by atoms with Gasteiger partial charge in [-0.05, 0) is 24.3 Å². The molecule has 0 atom stereocenters. The van der Waals surface area contributed by atoms with Crippen molar-refractivity contribution in [3.63, 3.8) is 0 Å². The maximum absolute atomic E-state index is 5.96. The summed E-state index contributed by atoms with van der Waals surface area (Å²) in [5.74, 6) is 0.938. The average Bonchev–Trinajstić information content (AvgIpc) is 2.61. The highest BCUT2D eigenvalue weighted by Crippen LogP contribution is 2.23. The Labute approximate surface area is 81.6 Å². The Kier molecular flexibility index (Phi) is 2.23. The van der Waals surface area contributed by atoms with Crippen LogP contribution in [0, 0.1) is 0 Å². The van der Waals surface area contributed by atoms with Crippen molar-refractivity contribution in [2.45, 2.75) is 0 Å². The number of halogens is 1. The van der Waals surface area contributed by atoms with Gasteiger partial charge < -0.3 is 10.3 Å². The lowest BCUT2D eigenvalue weighted by molar-refractivity contribution is 1.38. The number of H-pyrrole nitrogens is 1. The second-order valence-electron chi connectivity index (χ2n) is 2.69. The summed E-state index contributed by atoms with van der Waals surface area (Å²) in [5, 5.41) is 3.88. The third-order valence-corrected chi connectivity index (χ3v) is 2.07. The molecule has 0 aliphatic carbocycles. The predicted octanol–water partition coefficient (Wildman–Crippen LogP) is 3.41. The molecule has 0 unspecified atom stereocenters. The fourth-order valence-electron chi connectivity index (χ4n) is 1.12. The number of rotatable bonds is 2. The molecule has 1 heterocycles. The number of nitrogens with one attached hydrogen (secondary N) is 2. The third kappa shape index (κ3) is 1.84. The second-order valence-corrected chi connectivity index (χ2v) is 3.10. The SMILES string of the molecule is Clc1ccccc1Nc1ccc[nH]1. The summed E-state index contributed by atoms with van der Waals surface area (Å²) < 4.78 is 0. The number of para-hydroxylation sites is 1. The molecule has 0 bridgehead atoms. The van der Waals surface area contributed by atoms with Gasteiger partial charge in [-0.2, -0.15) is 0 Å². The molecule has 3 heteroatoms. The molecular formula is C10H9ClN2. The number of benzene rings is 1. The zero-order chi connectivity index (χ0) is 9.10. The second kappa shape index (κ2) is 3.54. The molecule has 0 saturated heterocycles. The molecule has 13 heavy (non-hydrogen) atoms. The van der Waals surface area contributed by atoms with Crippen LogP contribution in [0.15, 0.2) is 42.6 Å². The van der Waals surface area contributed by atoms with Gasteiger partial charge in [0.15, 0.2) is 0 Å². The van der Waals surface area contributed by atoms with E-state index in [4.69, 9.17) is 11.6 Å². The standard InChI is InChI=1S/C10H9ClN2/c11-8-4-1-2-5-9(8)13-10-6-3-7-12-10/h1-7,12-13H. The van der Waals surface area contributed by atoms with Gasteiger partial charge in [0.2, 0.25) is 0 Å². The normalized spacial score (nSPS) is 9.92. The number of aromatic nitrogens is 1. The number of aromatic amines is 1. The zero-order valence-electron chi connectivity index (χ0n) is 6.92.